The lowest BCUT2D eigenvalue weighted by Gasteiger charge is -2.29. The van der Waals surface area contributed by atoms with Crippen molar-refractivity contribution in [1.29, 1.82) is 0 Å². The van der Waals surface area contributed by atoms with Gasteiger partial charge >= 0.3 is 0 Å². The summed E-state index contributed by atoms with van der Waals surface area (Å²) in [6.45, 7) is 5.83. The van der Waals surface area contributed by atoms with Gasteiger partial charge in [-0.05, 0) is 37.7 Å². The fourth-order valence-corrected chi connectivity index (χ4v) is 3.01. The van der Waals surface area contributed by atoms with Crippen LogP contribution in [-0.2, 0) is 20.7 Å². The SMILES string of the molecule is CCCCOC(OCCCC)[C@H](CCCN=C(N)N)NC(=O)[C@@H](N)Cc1ccccc1. The second-order valence-corrected chi connectivity index (χ2v) is 7.68. The number of hydrogen-bond acceptors (Lipinski definition) is 5. The number of unbranched alkanes of at least 4 members (excludes halogenated alkanes) is 2. The third-order valence-corrected chi connectivity index (χ3v) is 4.82. The van der Waals surface area contributed by atoms with E-state index in [1.807, 2.05) is 30.3 Å². The summed E-state index contributed by atoms with van der Waals surface area (Å²) in [6.07, 6.45) is 5.11. The van der Waals surface area contributed by atoms with E-state index in [-0.39, 0.29) is 17.9 Å². The summed E-state index contributed by atoms with van der Waals surface area (Å²) in [7, 11) is 0. The second-order valence-electron chi connectivity index (χ2n) is 7.68. The monoisotopic (exact) mass is 435 g/mol. The largest absolute Gasteiger partial charge is 0.370 e. The van der Waals surface area contributed by atoms with Crippen LogP contribution in [0, 0.1) is 0 Å². The van der Waals surface area contributed by atoms with Gasteiger partial charge in [0, 0.05) is 19.8 Å². The van der Waals surface area contributed by atoms with E-state index in [0.29, 0.717) is 39.0 Å². The van der Waals surface area contributed by atoms with Gasteiger partial charge in [0.05, 0.1) is 12.1 Å². The molecule has 7 N–H and O–H groups in total. The van der Waals surface area contributed by atoms with Gasteiger partial charge in [-0.15, -0.1) is 0 Å². The maximum absolute atomic E-state index is 12.8. The first-order valence-corrected chi connectivity index (χ1v) is 11.4. The van der Waals surface area contributed by atoms with Crippen LogP contribution in [0.2, 0.25) is 0 Å². The molecule has 31 heavy (non-hydrogen) atoms. The lowest BCUT2D eigenvalue weighted by atomic mass is 10.0. The number of hydrogen-bond donors (Lipinski definition) is 4. The van der Waals surface area contributed by atoms with E-state index < -0.39 is 12.3 Å². The second kappa shape index (κ2) is 16.5. The number of carbonyl (C=O) groups excluding carboxylic acids is 1. The zero-order valence-corrected chi connectivity index (χ0v) is 19.1. The first-order valence-electron chi connectivity index (χ1n) is 11.4. The Morgan fingerprint density at radius 2 is 1.65 bits per heavy atom. The van der Waals surface area contributed by atoms with Crippen LogP contribution < -0.4 is 22.5 Å². The minimum absolute atomic E-state index is 0.0559. The molecule has 0 aliphatic rings. The Morgan fingerprint density at radius 3 is 2.19 bits per heavy atom. The highest BCUT2D eigenvalue weighted by Crippen LogP contribution is 2.12. The summed E-state index contributed by atoms with van der Waals surface area (Å²) in [5.74, 6) is -0.167. The average molecular weight is 436 g/mol. The van der Waals surface area contributed by atoms with Gasteiger partial charge in [0.15, 0.2) is 12.2 Å². The van der Waals surface area contributed by atoms with Crippen LogP contribution >= 0.6 is 0 Å². The Kier molecular flexibility index (Phi) is 14.3. The number of nitrogens with two attached hydrogens (primary N) is 3. The third kappa shape index (κ3) is 12.3. The predicted molar refractivity (Wildman–Crippen MR) is 125 cm³/mol. The molecule has 0 fully saturated rings. The number of amides is 1. The molecule has 8 heteroatoms. The maximum Gasteiger partial charge on any atom is 0.237 e. The third-order valence-electron chi connectivity index (χ3n) is 4.82. The van der Waals surface area contributed by atoms with Gasteiger partial charge < -0.3 is 32.0 Å². The summed E-state index contributed by atoms with van der Waals surface area (Å²) in [6, 6.07) is 8.74. The topological polar surface area (TPSA) is 138 Å². The molecule has 1 aromatic rings. The zero-order chi connectivity index (χ0) is 22.9. The Balaban J connectivity index is 2.80. The van der Waals surface area contributed by atoms with E-state index in [1.54, 1.807) is 0 Å². The van der Waals surface area contributed by atoms with Crippen molar-refractivity contribution in [2.75, 3.05) is 19.8 Å². The number of nitrogens with one attached hydrogen (secondary N) is 1. The minimum atomic E-state index is -0.658. The van der Waals surface area contributed by atoms with Crippen molar-refractivity contribution in [2.45, 2.75) is 77.2 Å². The number of carbonyl (C=O) groups is 1. The quantitative estimate of drug-likeness (QED) is 0.128. The number of aliphatic imine (C=N–C) groups is 1. The smallest absolute Gasteiger partial charge is 0.237 e. The lowest BCUT2D eigenvalue weighted by Crippen LogP contribution is -2.52. The Bertz CT molecular complexity index is 613. The fourth-order valence-electron chi connectivity index (χ4n) is 3.01. The van der Waals surface area contributed by atoms with Gasteiger partial charge in [-0.3, -0.25) is 9.79 Å². The minimum Gasteiger partial charge on any atom is -0.370 e. The van der Waals surface area contributed by atoms with Crippen molar-refractivity contribution < 1.29 is 14.3 Å². The van der Waals surface area contributed by atoms with Gasteiger partial charge in [-0.1, -0.05) is 57.0 Å². The van der Waals surface area contributed by atoms with Crippen LogP contribution in [0.5, 0.6) is 0 Å². The predicted octanol–water partition coefficient (Wildman–Crippen LogP) is 2.05. The zero-order valence-electron chi connectivity index (χ0n) is 19.1. The molecule has 0 unspecified atom stereocenters. The Morgan fingerprint density at radius 1 is 1.03 bits per heavy atom. The molecule has 0 saturated carbocycles. The van der Waals surface area contributed by atoms with Crippen molar-refractivity contribution >= 4 is 11.9 Å². The maximum atomic E-state index is 12.8. The lowest BCUT2D eigenvalue weighted by molar-refractivity contribution is -0.165. The summed E-state index contributed by atoms with van der Waals surface area (Å²) in [4.78, 5) is 16.9. The van der Waals surface area contributed by atoms with Gasteiger partial charge in [0.1, 0.15) is 0 Å². The molecule has 2 atom stereocenters. The highest BCUT2D eigenvalue weighted by Gasteiger charge is 2.26. The summed E-state index contributed by atoms with van der Waals surface area (Å²) >= 11 is 0. The van der Waals surface area contributed by atoms with E-state index in [9.17, 15) is 4.79 Å². The molecule has 1 amide bonds. The number of nitrogens with zero attached hydrogens (tertiary/aromatic N) is 1. The van der Waals surface area contributed by atoms with E-state index in [1.165, 1.54) is 0 Å². The number of guanidine groups is 1. The number of benzene rings is 1. The fraction of sp³-hybridized carbons (Fsp3) is 0.652. The van der Waals surface area contributed by atoms with Crippen LogP contribution in [0.15, 0.2) is 35.3 Å². The average Bonchev–Trinajstić information content (AvgIpc) is 2.75. The molecule has 0 heterocycles. The first kappa shape index (κ1) is 26.9. The number of rotatable bonds is 17. The van der Waals surface area contributed by atoms with Gasteiger partial charge in [-0.2, -0.15) is 0 Å². The molecule has 0 aliphatic carbocycles. The summed E-state index contributed by atoms with van der Waals surface area (Å²) < 4.78 is 12.0. The first-order chi connectivity index (χ1) is 15.0. The summed E-state index contributed by atoms with van der Waals surface area (Å²) in [5.41, 5.74) is 18.0. The van der Waals surface area contributed by atoms with Gasteiger partial charge in [0.2, 0.25) is 5.91 Å². The van der Waals surface area contributed by atoms with Gasteiger partial charge in [0.25, 0.3) is 0 Å². The van der Waals surface area contributed by atoms with E-state index in [0.717, 1.165) is 31.2 Å². The van der Waals surface area contributed by atoms with Crippen molar-refractivity contribution in [3.63, 3.8) is 0 Å². The van der Waals surface area contributed by atoms with Crippen LogP contribution in [0.1, 0.15) is 57.9 Å². The molecule has 0 bridgehead atoms. The Hall–Kier alpha value is -2.16. The Labute approximate surface area is 186 Å². The van der Waals surface area contributed by atoms with Crippen LogP contribution in [-0.4, -0.2) is 50.0 Å². The van der Waals surface area contributed by atoms with Crippen molar-refractivity contribution in [3.05, 3.63) is 35.9 Å². The molecule has 8 nitrogen and oxygen atoms in total. The number of ether oxygens (including phenoxy) is 2. The molecule has 0 aliphatic heterocycles. The molecular formula is C23H41N5O3. The normalized spacial score (nSPS) is 13.0. The van der Waals surface area contributed by atoms with E-state index in [4.69, 9.17) is 26.7 Å². The van der Waals surface area contributed by atoms with Crippen LogP contribution in [0.4, 0.5) is 0 Å². The molecule has 0 aromatic heterocycles. The summed E-state index contributed by atoms with van der Waals surface area (Å²) in [5, 5.41) is 3.05. The molecule has 0 saturated heterocycles. The highest BCUT2D eigenvalue weighted by atomic mass is 16.7. The standard InChI is InChI=1S/C23H41N5O3/c1-3-5-15-30-22(31-16-6-4-2)20(13-10-14-27-23(25)26)28-21(29)19(24)17-18-11-8-7-9-12-18/h7-9,11-12,19-20,22H,3-6,10,13-17,24H2,1-2H3,(H,28,29)(H4,25,26,27)/t19-,20-/m0/s1. The van der Waals surface area contributed by atoms with Crippen LogP contribution in [0.3, 0.4) is 0 Å². The van der Waals surface area contributed by atoms with Crippen molar-refractivity contribution in [2.24, 2.45) is 22.2 Å². The molecule has 176 valence electrons. The molecular weight excluding hydrogens is 394 g/mol. The molecule has 1 rings (SSSR count). The molecule has 0 spiro atoms. The van der Waals surface area contributed by atoms with Gasteiger partial charge in [-0.25, -0.2) is 0 Å². The van der Waals surface area contributed by atoms with Crippen molar-refractivity contribution in [3.8, 4) is 0 Å². The highest BCUT2D eigenvalue weighted by molar-refractivity contribution is 5.82. The van der Waals surface area contributed by atoms with E-state index >= 15 is 0 Å². The molecule has 0 radical (unpaired) electrons. The van der Waals surface area contributed by atoms with Crippen LogP contribution in [0.25, 0.3) is 0 Å². The molecule has 1 aromatic carbocycles. The van der Waals surface area contributed by atoms with Crippen molar-refractivity contribution in [1.82, 2.24) is 5.32 Å². The van der Waals surface area contributed by atoms with E-state index in [2.05, 4.69) is 24.2 Å².